The first-order chi connectivity index (χ1) is 12.5. The molecule has 0 fully saturated rings. The van der Waals surface area contributed by atoms with Crippen molar-refractivity contribution in [1.29, 1.82) is 0 Å². The number of nitrogens with one attached hydrogen (secondary N) is 1. The summed E-state index contributed by atoms with van der Waals surface area (Å²) in [4.78, 5) is 12.6. The summed E-state index contributed by atoms with van der Waals surface area (Å²) in [5.74, 6) is -2.56. The highest BCUT2D eigenvalue weighted by Crippen LogP contribution is 2.24. The van der Waals surface area contributed by atoms with E-state index in [-0.39, 0.29) is 5.69 Å². The number of sulfonamides is 1. The fourth-order valence-electron chi connectivity index (χ4n) is 2.63. The largest absolute Gasteiger partial charge is 0.324 e. The number of hydrogen-bond donors (Lipinski definition) is 1. The Bertz CT molecular complexity index is 928. The number of anilines is 2. The van der Waals surface area contributed by atoms with Crippen LogP contribution in [-0.2, 0) is 14.8 Å². The molecule has 146 valence electrons. The van der Waals surface area contributed by atoms with Crippen molar-refractivity contribution in [3.05, 3.63) is 59.7 Å². The Kier molecular flexibility index (Phi) is 6.20. The predicted molar refractivity (Wildman–Crippen MR) is 102 cm³/mol. The van der Waals surface area contributed by atoms with Crippen molar-refractivity contribution < 1.29 is 22.0 Å². The second-order valence-corrected chi connectivity index (χ2v) is 8.46. The zero-order valence-electron chi connectivity index (χ0n) is 15.5. The van der Waals surface area contributed by atoms with Gasteiger partial charge in [0.25, 0.3) is 0 Å². The van der Waals surface area contributed by atoms with Crippen molar-refractivity contribution in [2.45, 2.75) is 32.7 Å². The lowest BCUT2D eigenvalue weighted by atomic mass is 10.0. The Morgan fingerprint density at radius 2 is 1.59 bits per heavy atom. The van der Waals surface area contributed by atoms with Crippen LogP contribution in [-0.4, -0.2) is 26.6 Å². The van der Waals surface area contributed by atoms with E-state index in [2.05, 4.69) is 5.32 Å². The van der Waals surface area contributed by atoms with Crippen LogP contribution in [0.5, 0.6) is 0 Å². The molecule has 5 nitrogen and oxygen atoms in total. The first kappa shape index (κ1) is 20.8. The van der Waals surface area contributed by atoms with Gasteiger partial charge < -0.3 is 5.32 Å². The minimum atomic E-state index is -3.92. The lowest BCUT2D eigenvalue weighted by Gasteiger charge is -2.28. The summed E-state index contributed by atoms with van der Waals surface area (Å²) in [5.41, 5.74) is 1.48. The van der Waals surface area contributed by atoms with Crippen LogP contribution in [0.25, 0.3) is 0 Å². The molecule has 2 aromatic rings. The smallest absolute Gasteiger partial charge is 0.247 e. The molecular formula is C19H22F2N2O3S. The van der Waals surface area contributed by atoms with E-state index in [4.69, 9.17) is 0 Å². The number of hydrogen-bond acceptors (Lipinski definition) is 3. The van der Waals surface area contributed by atoms with Gasteiger partial charge in [0, 0.05) is 11.8 Å². The number of rotatable bonds is 6. The first-order valence-corrected chi connectivity index (χ1v) is 10.2. The monoisotopic (exact) mass is 396 g/mol. The summed E-state index contributed by atoms with van der Waals surface area (Å²) in [6.07, 6.45) is 0.898. The third-order valence-corrected chi connectivity index (χ3v) is 5.33. The predicted octanol–water partition coefficient (Wildman–Crippen LogP) is 3.88. The number of carbonyl (C=O) groups is 1. The van der Waals surface area contributed by atoms with E-state index in [9.17, 15) is 22.0 Å². The summed E-state index contributed by atoms with van der Waals surface area (Å²) in [7, 11) is -3.92. The Labute approximate surface area is 158 Å². The fraction of sp³-hybridized carbons (Fsp3) is 0.316. The van der Waals surface area contributed by atoms with E-state index in [1.54, 1.807) is 12.1 Å². The highest BCUT2D eigenvalue weighted by molar-refractivity contribution is 7.92. The van der Waals surface area contributed by atoms with Gasteiger partial charge in [0.05, 0.1) is 11.9 Å². The number of benzene rings is 2. The molecule has 0 aliphatic carbocycles. The van der Waals surface area contributed by atoms with Crippen molar-refractivity contribution >= 4 is 27.3 Å². The molecule has 2 rings (SSSR count). The molecule has 0 saturated carbocycles. The van der Waals surface area contributed by atoms with Crippen LogP contribution in [0, 0.1) is 11.6 Å². The standard InChI is InChI=1S/C19H22F2N2O3S/c1-12(2)14-5-7-15(8-6-14)22-19(24)13(3)23(27(4,25)26)16-9-10-17(20)18(21)11-16/h5-13H,1-4H3,(H,22,24)/t13-/m0/s1. The number of nitrogens with zero attached hydrogens (tertiary/aromatic N) is 1. The molecule has 0 heterocycles. The van der Waals surface area contributed by atoms with Crippen molar-refractivity contribution in [2.24, 2.45) is 0 Å². The second kappa shape index (κ2) is 8.04. The van der Waals surface area contributed by atoms with Crippen molar-refractivity contribution in [3.8, 4) is 0 Å². The van der Waals surface area contributed by atoms with Crippen molar-refractivity contribution in [2.75, 3.05) is 15.9 Å². The topological polar surface area (TPSA) is 66.5 Å². The summed E-state index contributed by atoms with van der Waals surface area (Å²) >= 11 is 0. The van der Waals surface area contributed by atoms with Gasteiger partial charge in [0.1, 0.15) is 6.04 Å². The lowest BCUT2D eigenvalue weighted by molar-refractivity contribution is -0.116. The lowest BCUT2D eigenvalue weighted by Crippen LogP contribution is -2.45. The normalized spacial score (nSPS) is 12.7. The molecule has 0 unspecified atom stereocenters. The van der Waals surface area contributed by atoms with E-state index in [1.807, 2.05) is 26.0 Å². The molecule has 0 spiro atoms. The highest BCUT2D eigenvalue weighted by Gasteiger charge is 2.29. The van der Waals surface area contributed by atoms with Crippen LogP contribution in [0.4, 0.5) is 20.2 Å². The highest BCUT2D eigenvalue weighted by atomic mass is 32.2. The molecule has 1 atom stereocenters. The Hall–Kier alpha value is -2.48. The second-order valence-electron chi connectivity index (χ2n) is 6.60. The van der Waals surface area contributed by atoms with Gasteiger partial charge in [-0.15, -0.1) is 0 Å². The van der Waals surface area contributed by atoms with E-state index >= 15 is 0 Å². The van der Waals surface area contributed by atoms with Crippen LogP contribution in [0.1, 0.15) is 32.3 Å². The van der Waals surface area contributed by atoms with Gasteiger partial charge in [-0.1, -0.05) is 26.0 Å². The van der Waals surface area contributed by atoms with E-state index in [0.29, 0.717) is 11.6 Å². The average molecular weight is 396 g/mol. The van der Waals surface area contributed by atoms with Gasteiger partial charge in [-0.05, 0) is 42.7 Å². The van der Waals surface area contributed by atoms with Crippen LogP contribution >= 0.6 is 0 Å². The third-order valence-electron chi connectivity index (χ3n) is 4.09. The Morgan fingerprint density at radius 1 is 1.00 bits per heavy atom. The number of amides is 1. The molecule has 2 aromatic carbocycles. The van der Waals surface area contributed by atoms with Gasteiger partial charge in [-0.25, -0.2) is 17.2 Å². The SMILES string of the molecule is CC(C)c1ccc(NC(=O)[C@H](C)N(c2ccc(F)c(F)c2)S(C)(=O)=O)cc1. The van der Waals surface area contributed by atoms with Crippen molar-refractivity contribution in [3.63, 3.8) is 0 Å². The van der Waals surface area contributed by atoms with Gasteiger partial charge >= 0.3 is 0 Å². The van der Waals surface area contributed by atoms with Gasteiger partial charge in [0.2, 0.25) is 15.9 Å². The summed E-state index contributed by atoms with van der Waals surface area (Å²) in [6, 6.07) is 8.69. The van der Waals surface area contributed by atoms with Gasteiger partial charge in [-0.2, -0.15) is 0 Å². The molecule has 0 radical (unpaired) electrons. The molecule has 1 N–H and O–H groups in total. The summed E-state index contributed by atoms with van der Waals surface area (Å²) in [5, 5.41) is 2.64. The van der Waals surface area contributed by atoms with Gasteiger partial charge in [-0.3, -0.25) is 9.10 Å². The van der Waals surface area contributed by atoms with E-state index in [0.717, 1.165) is 34.3 Å². The molecule has 1 amide bonds. The van der Waals surface area contributed by atoms with E-state index < -0.39 is 33.6 Å². The molecule has 0 aliphatic heterocycles. The molecule has 27 heavy (non-hydrogen) atoms. The quantitative estimate of drug-likeness (QED) is 0.806. The van der Waals surface area contributed by atoms with Crippen LogP contribution in [0.15, 0.2) is 42.5 Å². The maximum atomic E-state index is 13.5. The molecular weight excluding hydrogens is 374 g/mol. The zero-order valence-corrected chi connectivity index (χ0v) is 16.3. The maximum absolute atomic E-state index is 13.5. The zero-order chi connectivity index (χ0) is 20.4. The summed E-state index contributed by atoms with van der Waals surface area (Å²) in [6.45, 7) is 5.46. The van der Waals surface area contributed by atoms with E-state index in [1.165, 1.54) is 6.92 Å². The summed E-state index contributed by atoms with van der Waals surface area (Å²) < 4.78 is 51.8. The number of carbonyl (C=O) groups excluding carboxylic acids is 1. The number of halogens is 2. The fourth-order valence-corrected chi connectivity index (χ4v) is 3.80. The molecule has 0 aromatic heterocycles. The average Bonchev–Trinajstić information content (AvgIpc) is 2.57. The molecule has 8 heteroatoms. The molecule has 0 aliphatic rings. The first-order valence-electron chi connectivity index (χ1n) is 8.36. The van der Waals surface area contributed by atoms with Gasteiger partial charge in [0.15, 0.2) is 11.6 Å². The minimum absolute atomic E-state index is 0.130. The van der Waals surface area contributed by atoms with Crippen molar-refractivity contribution in [1.82, 2.24) is 0 Å². The maximum Gasteiger partial charge on any atom is 0.247 e. The Morgan fingerprint density at radius 3 is 2.07 bits per heavy atom. The van der Waals surface area contributed by atoms with Crippen LogP contribution < -0.4 is 9.62 Å². The van der Waals surface area contributed by atoms with Crippen LogP contribution in [0.2, 0.25) is 0 Å². The minimum Gasteiger partial charge on any atom is -0.324 e. The third kappa shape index (κ3) is 5.03. The molecule has 0 saturated heterocycles. The Balaban J connectivity index is 2.28. The van der Waals surface area contributed by atoms with Crippen LogP contribution in [0.3, 0.4) is 0 Å². The molecule has 0 bridgehead atoms.